The number of benzene rings is 1. The first-order valence-electron chi connectivity index (χ1n) is 4.59. The van der Waals surface area contributed by atoms with Gasteiger partial charge in [0.1, 0.15) is 0 Å². The fraction of sp³-hybridized carbons (Fsp3) is 0.364. The second kappa shape index (κ2) is 4.65. The smallest absolute Gasteiger partial charge is 0.164 e. The number of para-hydroxylation sites is 1. The molecule has 0 saturated carbocycles. The summed E-state index contributed by atoms with van der Waals surface area (Å²) in [6.45, 7) is 2.01. The van der Waals surface area contributed by atoms with Crippen molar-refractivity contribution in [2.45, 2.75) is 19.8 Å². The Balaban J connectivity index is 2.92. The molecule has 0 aliphatic carbocycles. The monoisotopic (exact) mass is 177 g/mol. The number of rotatable bonds is 4. The molecule has 1 aromatic rings. The zero-order valence-corrected chi connectivity index (χ0v) is 8.13. The van der Waals surface area contributed by atoms with Gasteiger partial charge < -0.3 is 5.32 Å². The largest absolute Gasteiger partial charge is 0.388 e. The third kappa shape index (κ3) is 2.31. The van der Waals surface area contributed by atoms with Crippen LogP contribution in [0.15, 0.2) is 24.3 Å². The van der Waals surface area contributed by atoms with Crippen molar-refractivity contribution in [3.8, 4) is 0 Å². The fourth-order valence-electron chi connectivity index (χ4n) is 1.31. The molecule has 0 fully saturated rings. The number of carbonyl (C=O) groups excluding carboxylic acids is 1. The minimum absolute atomic E-state index is 0.215. The lowest BCUT2D eigenvalue weighted by molar-refractivity contribution is 0.0982. The molecular formula is C11H15NO. The van der Waals surface area contributed by atoms with Crippen LogP contribution < -0.4 is 5.32 Å². The zero-order valence-electron chi connectivity index (χ0n) is 8.13. The highest BCUT2D eigenvalue weighted by molar-refractivity contribution is 6.01. The molecule has 1 aromatic carbocycles. The molecule has 1 N–H and O–H groups in total. The Morgan fingerprint density at radius 2 is 2.08 bits per heavy atom. The molecule has 0 radical (unpaired) electrons. The lowest BCUT2D eigenvalue weighted by Crippen LogP contribution is -2.02. The molecule has 0 aromatic heterocycles. The number of Topliss-reactive ketones (excluding diaryl/α,β-unsaturated/α-hetero) is 1. The number of nitrogens with one attached hydrogen (secondary N) is 1. The van der Waals surface area contributed by atoms with Gasteiger partial charge in [0.25, 0.3) is 0 Å². The maximum Gasteiger partial charge on any atom is 0.164 e. The van der Waals surface area contributed by atoms with Gasteiger partial charge in [-0.25, -0.2) is 0 Å². The molecule has 70 valence electrons. The Labute approximate surface area is 79.0 Å². The Bertz CT molecular complexity index is 294. The summed E-state index contributed by atoms with van der Waals surface area (Å²) in [5.41, 5.74) is 1.72. The van der Waals surface area contributed by atoms with Crippen molar-refractivity contribution in [1.29, 1.82) is 0 Å². The number of hydrogen-bond acceptors (Lipinski definition) is 2. The molecule has 0 saturated heterocycles. The molecule has 2 nitrogen and oxygen atoms in total. The van der Waals surface area contributed by atoms with E-state index in [9.17, 15) is 4.79 Å². The van der Waals surface area contributed by atoms with Crippen LogP contribution in [0, 0.1) is 0 Å². The summed E-state index contributed by atoms with van der Waals surface area (Å²) in [4.78, 5) is 11.6. The first kappa shape index (κ1) is 9.78. The topological polar surface area (TPSA) is 29.1 Å². The van der Waals surface area contributed by atoms with Crippen LogP contribution in [0.1, 0.15) is 30.1 Å². The van der Waals surface area contributed by atoms with E-state index in [0.717, 1.165) is 17.7 Å². The summed E-state index contributed by atoms with van der Waals surface area (Å²) in [5.74, 6) is 0.215. The number of ketones is 1. The molecule has 0 heterocycles. The van der Waals surface area contributed by atoms with Crippen LogP contribution in [0.2, 0.25) is 0 Å². The average Bonchev–Trinajstić information content (AvgIpc) is 2.18. The van der Waals surface area contributed by atoms with Crippen LogP contribution in [0.4, 0.5) is 5.69 Å². The highest BCUT2D eigenvalue weighted by atomic mass is 16.1. The lowest BCUT2D eigenvalue weighted by atomic mass is 10.1. The molecule has 13 heavy (non-hydrogen) atoms. The molecule has 0 bridgehead atoms. The van der Waals surface area contributed by atoms with Crippen molar-refractivity contribution < 1.29 is 4.79 Å². The number of carbonyl (C=O) groups is 1. The molecule has 2 heteroatoms. The van der Waals surface area contributed by atoms with Crippen LogP contribution in [0.25, 0.3) is 0 Å². The van der Waals surface area contributed by atoms with Crippen molar-refractivity contribution in [3.63, 3.8) is 0 Å². The van der Waals surface area contributed by atoms with Gasteiger partial charge in [-0.3, -0.25) is 4.79 Å². The van der Waals surface area contributed by atoms with Gasteiger partial charge in [0.15, 0.2) is 5.78 Å². The van der Waals surface area contributed by atoms with E-state index in [1.54, 1.807) is 0 Å². The first-order valence-corrected chi connectivity index (χ1v) is 4.59. The van der Waals surface area contributed by atoms with Gasteiger partial charge in [0, 0.05) is 24.7 Å². The van der Waals surface area contributed by atoms with Gasteiger partial charge in [-0.15, -0.1) is 0 Å². The van der Waals surface area contributed by atoms with Crippen molar-refractivity contribution in [1.82, 2.24) is 0 Å². The maximum atomic E-state index is 11.6. The quantitative estimate of drug-likeness (QED) is 0.716. The molecule has 0 spiro atoms. The fourth-order valence-corrected chi connectivity index (χ4v) is 1.31. The summed E-state index contributed by atoms with van der Waals surface area (Å²) in [7, 11) is 1.83. The van der Waals surface area contributed by atoms with E-state index in [1.165, 1.54) is 0 Å². The van der Waals surface area contributed by atoms with Gasteiger partial charge >= 0.3 is 0 Å². The Hall–Kier alpha value is -1.31. The van der Waals surface area contributed by atoms with Gasteiger partial charge in [0.05, 0.1) is 0 Å². The molecule has 0 aliphatic heterocycles. The van der Waals surface area contributed by atoms with E-state index in [2.05, 4.69) is 5.32 Å². The minimum Gasteiger partial charge on any atom is -0.388 e. The van der Waals surface area contributed by atoms with Crippen molar-refractivity contribution in [3.05, 3.63) is 29.8 Å². The standard InChI is InChI=1S/C11H15NO/c1-3-6-11(13)9-7-4-5-8-10(9)12-2/h4-5,7-8,12H,3,6H2,1-2H3. The highest BCUT2D eigenvalue weighted by Crippen LogP contribution is 2.16. The van der Waals surface area contributed by atoms with Crippen LogP contribution >= 0.6 is 0 Å². The lowest BCUT2D eigenvalue weighted by Gasteiger charge is -2.06. The number of anilines is 1. The molecule has 0 atom stereocenters. The summed E-state index contributed by atoms with van der Waals surface area (Å²) < 4.78 is 0. The van der Waals surface area contributed by atoms with Crippen LogP contribution in [0.3, 0.4) is 0 Å². The number of hydrogen-bond donors (Lipinski definition) is 1. The molecule has 1 rings (SSSR count). The Morgan fingerprint density at radius 1 is 1.38 bits per heavy atom. The third-order valence-corrected chi connectivity index (χ3v) is 1.97. The molecule has 0 amide bonds. The Kier molecular flexibility index (Phi) is 3.50. The minimum atomic E-state index is 0.215. The van der Waals surface area contributed by atoms with E-state index in [-0.39, 0.29) is 5.78 Å². The van der Waals surface area contributed by atoms with Crippen LogP contribution in [-0.4, -0.2) is 12.8 Å². The van der Waals surface area contributed by atoms with E-state index < -0.39 is 0 Å². The van der Waals surface area contributed by atoms with Crippen LogP contribution in [-0.2, 0) is 0 Å². The first-order chi connectivity index (χ1) is 6.29. The van der Waals surface area contributed by atoms with Gasteiger partial charge in [0.2, 0.25) is 0 Å². The summed E-state index contributed by atoms with van der Waals surface area (Å²) >= 11 is 0. The van der Waals surface area contributed by atoms with Crippen LogP contribution in [0.5, 0.6) is 0 Å². The summed E-state index contributed by atoms with van der Waals surface area (Å²) in [6, 6.07) is 7.60. The predicted octanol–water partition coefficient (Wildman–Crippen LogP) is 2.71. The van der Waals surface area contributed by atoms with E-state index >= 15 is 0 Å². The molecule has 0 aliphatic rings. The van der Waals surface area contributed by atoms with Crippen molar-refractivity contribution >= 4 is 11.5 Å². The van der Waals surface area contributed by atoms with Crippen molar-refractivity contribution in [2.24, 2.45) is 0 Å². The third-order valence-electron chi connectivity index (χ3n) is 1.97. The molecule has 0 unspecified atom stereocenters. The predicted molar refractivity (Wildman–Crippen MR) is 55.2 cm³/mol. The SMILES string of the molecule is CCCC(=O)c1ccccc1NC. The summed E-state index contributed by atoms with van der Waals surface area (Å²) in [6.07, 6.45) is 1.52. The van der Waals surface area contributed by atoms with E-state index in [0.29, 0.717) is 6.42 Å². The van der Waals surface area contributed by atoms with E-state index in [4.69, 9.17) is 0 Å². The highest BCUT2D eigenvalue weighted by Gasteiger charge is 2.07. The van der Waals surface area contributed by atoms with Gasteiger partial charge in [-0.2, -0.15) is 0 Å². The van der Waals surface area contributed by atoms with Gasteiger partial charge in [-0.05, 0) is 18.6 Å². The Morgan fingerprint density at radius 3 is 2.69 bits per heavy atom. The normalized spacial score (nSPS) is 9.69. The van der Waals surface area contributed by atoms with E-state index in [1.807, 2.05) is 38.2 Å². The average molecular weight is 177 g/mol. The second-order valence-electron chi connectivity index (χ2n) is 2.97. The second-order valence-corrected chi connectivity index (χ2v) is 2.97. The maximum absolute atomic E-state index is 11.6. The zero-order chi connectivity index (χ0) is 9.68. The molecular weight excluding hydrogens is 162 g/mol. The van der Waals surface area contributed by atoms with Gasteiger partial charge in [-0.1, -0.05) is 19.1 Å². The summed E-state index contributed by atoms with van der Waals surface area (Å²) in [5, 5.41) is 3.01. The van der Waals surface area contributed by atoms with Crippen molar-refractivity contribution in [2.75, 3.05) is 12.4 Å².